The molecule has 0 aliphatic rings. The Bertz CT molecular complexity index is 1520. The van der Waals surface area contributed by atoms with Gasteiger partial charge in [-0.3, -0.25) is 14.2 Å². The normalized spacial score (nSPS) is 12.0. The van der Waals surface area contributed by atoms with E-state index in [9.17, 15) is 28.0 Å². The number of esters is 1. The van der Waals surface area contributed by atoms with E-state index in [1.54, 1.807) is 12.1 Å². The van der Waals surface area contributed by atoms with Gasteiger partial charge in [-0.2, -0.15) is 0 Å². The Balaban J connectivity index is 1.69. The highest BCUT2D eigenvalue weighted by Crippen LogP contribution is 2.26. The van der Waals surface area contributed by atoms with Crippen molar-refractivity contribution in [2.45, 2.75) is 62.6 Å². The maximum absolute atomic E-state index is 12.9. The van der Waals surface area contributed by atoms with Gasteiger partial charge in [-0.1, -0.05) is 39.0 Å². The number of rotatable bonds is 16. The van der Waals surface area contributed by atoms with Crippen LogP contribution in [-0.4, -0.2) is 63.1 Å². The van der Waals surface area contributed by atoms with Gasteiger partial charge in [0.05, 0.1) is 15.6 Å². The second-order valence-corrected chi connectivity index (χ2v) is 11.6. The van der Waals surface area contributed by atoms with Gasteiger partial charge in [0.25, 0.3) is 9.84 Å². The Morgan fingerprint density at radius 1 is 1.09 bits per heavy atom. The van der Waals surface area contributed by atoms with Crippen LogP contribution in [0.15, 0.2) is 63.1 Å². The van der Waals surface area contributed by atoms with Crippen molar-refractivity contribution in [2.75, 3.05) is 25.1 Å². The third-order valence-electron chi connectivity index (χ3n) is 5.78. The van der Waals surface area contributed by atoms with Crippen molar-refractivity contribution in [3.05, 3.63) is 59.3 Å². The number of carbonyl (C=O) groups excluding carboxylic acids is 3. The summed E-state index contributed by atoms with van der Waals surface area (Å²) in [6, 6.07) is 11.8. The molecule has 1 amide bonds. The van der Waals surface area contributed by atoms with Crippen molar-refractivity contribution in [1.82, 2.24) is 10.5 Å². The van der Waals surface area contributed by atoms with E-state index >= 15 is 0 Å². The van der Waals surface area contributed by atoms with Crippen molar-refractivity contribution < 1.29 is 46.5 Å². The second kappa shape index (κ2) is 15.1. The molecule has 1 heterocycles. The molecule has 0 fully saturated rings. The monoisotopic (exact) mass is 618 g/mol. The molecule has 0 saturated carbocycles. The standard InChI is InChI=1S/C28H34N4O10S/c1-5-9-25(34)30-20-12-13-24(23(14-20)19(4)33)39-16-21(15-29-18(2)3)41-26(35)17-40-27-28(32(36)42-31-27)43(37,38)22-10-7-6-8-11-22/h6-8,10-14,18,21,29H,5,9,15-17H2,1-4H3,(H,30,34). The predicted molar refractivity (Wildman–Crippen MR) is 151 cm³/mol. The molecule has 3 aromatic rings. The summed E-state index contributed by atoms with van der Waals surface area (Å²) in [5.74, 6) is -1.88. The summed E-state index contributed by atoms with van der Waals surface area (Å²) >= 11 is 0. The number of amides is 1. The highest BCUT2D eigenvalue weighted by atomic mass is 32.2. The average Bonchev–Trinajstić information content (AvgIpc) is 3.35. The van der Waals surface area contributed by atoms with Crippen molar-refractivity contribution in [3.63, 3.8) is 0 Å². The van der Waals surface area contributed by atoms with E-state index < -0.39 is 39.4 Å². The van der Waals surface area contributed by atoms with Gasteiger partial charge in [-0.15, -0.1) is 0 Å². The molecule has 0 saturated heterocycles. The van der Waals surface area contributed by atoms with E-state index in [0.717, 1.165) is 0 Å². The summed E-state index contributed by atoms with van der Waals surface area (Å²) in [5, 5.41) is 20.3. The zero-order valence-electron chi connectivity index (χ0n) is 24.2. The van der Waals surface area contributed by atoms with E-state index in [2.05, 4.69) is 20.4 Å². The highest BCUT2D eigenvalue weighted by Gasteiger charge is 2.36. The number of ether oxygens (including phenoxy) is 3. The molecule has 2 aromatic carbocycles. The molecule has 3 rings (SSSR count). The lowest BCUT2D eigenvalue weighted by molar-refractivity contribution is -0.832. The van der Waals surface area contributed by atoms with Gasteiger partial charge in [0.2, 0.25) is 5.91 Å². The van der Waals surface area contributed by atoms with Crippen molar-refractivity contribution in [1.29, 1.82) is 0 Å². The van der Waals surface area contributed by atoms with Crippen molar-refractivity contribution >= 4 is 33.2 Å². The van der Waals surface area contributed by atoms with Crippen LogP contribution in [0.5, 0.6) is 11.6 Å². The van der Waals surface area contributed by atoms with Gasteiger partial charge in [-0.25, -0.2) is 13.2 Å². The number of aromatic nitrogens is 2. The molecule has 0 aliphatic heterocycles. The molecular formula is C28H34N4O10S. The number of hydrogen-bond acceptors (Lipinski definition) is 12. The Labute approximate surface area is 248 Å². The number of carbonyl (C=O) groups is 3. The molecule has 2 N–H and O–H groups in total. The minimum absolute atomic E-state index is 0.0321. The van der Waals surface area contributed by atoms with Gasteiger partial charge >= 0.3 is 16.9 Å². The van der Waals surface area contributed by atoms with Crippen LogP contribution in [0.2, 0.25) is 0 Å². The van der Waals surface area contributed by atoms with Crippen LogP contribution < -0.4 is 25.0 Å². The van der Waals surface area contributed by atoms with Gasteiger partial charge in [0.15, 0.2) is 12.4 Å². The summed E-state index contributed by atoms with van der Waals surface area (Å²) in [7, 11) is -4.37. The third kappa shape index (κ3) is 9.24. The smallest absolute Gasteiger partial charge is 0.415 e. The predicted octanol–water partition coefficient (Wildman–Crippen LogP) is 2.45. The van der Waals surface area contributed by atoms with Crippen molar-refractivity contribution in [2.24, 2.45) is 0 Å². The zero-order chi connectivity index (χ0) is 31.6. The quantitative estimate of drug-likeness (QED) is 0.136. The van der Waals surface area contributed by atoms with E-state index in [1.165, 1.54) is 43.3 Å². The number of hydrogen-bond donors (Lipinski definition) is 2. The molecule has 1 unspecified atom stereocenters. The van der Waals surface area contributed by atoms with Crippen LogP contribution in [0.3, 0.4) is 0 Å². The molecule has 14 nitrogen and oxygen atoms in total. The topological polar surface area (TPSA) is 190 Å². The van der Waals surface area contributed by atoms with E-state index in [1.807, 2.05) is 20.8 Å². The van der Waals surface area contributed by atoms with Crippen LogP contribution in [0.1, 0.15) is 50.9 Å². The Morgan fingerprint density at radius 3 is 2.47 bits per heavy atom. The molecule has 1 aromatic heterocycles. The lowest BCUT2D eigenvalue weighted by Gasteiger charge is -2.21. The minimum Gasteiger partial charge on any atom is -0.489 e. The summed E-state index contributed by atoms with van der Waals surface area (Å²) in [5.41, 5.74) is 0.669. The number of benzene rings is 2. The summed E-state index contributed by atoms with van der Waals surface area (Å²) < 4.78 is 46.8. The Hall–Kier alpha value is -4.50. The fourth-order valence-electron chi connectivity index (χ4n) is 3.73. The Morgan fingerprint density at radius 2 is 1.81 bits per heavy atom. The van der Waals surface area contributed by atoms with Gasteiger partial charge in [0, 0.05) is 24.7 Å². The molecule has 1 atom stereocenters. The molecule has 0 radical (unpaired) electrons. The van der Waals surface area contributed by atoms with Crippen LogP contribution in [-0.2, 0) is 24.2 Å². The van der Waals surface area contributed by atoms with Crippen molar-refractivity contribution in [3.8, 4) is 11.6 Å². The fourth-order valence-corrected chi connectivity index (χ4v) is 5.03. The molecule has 0 aliphatic carbocycles. The van der Waals surface area contributed by atoms with Gasteiger partial charge < -0.3 is 30.1 Å². The maximum atomic E-state index is 12.9. The van der Waals surface area contributed by atoms with Crippen LogP contribution in [0.25, 0.3) is 0 Å². The fraction of sp³-hybridized carbons (Fsp3) is 0.393. The Kier molecular flexibility index (Phi) is 11.6. The number of Topliss-reactive ketones (excluding diaryl/α,β-unsaturated/α-hetero) is 1. The van der Waals surface area contributed by atoms with Crippen LogP contribution in [0.4, 0.5) is 5.69 Å². The number of anilines is 1. The largest absolute Gasteiger partial charge is 0.489 e. The SMILES string of the molecule is CCCC(=O)Nc1ccc(OCC(CNC(C)C)OC(=O)COc2no[n+]([O-])c2S(=O)(=O)c2ccccc2)c(C(C)=O)c1. The van der Waals surface area contributed by atoms with Gasteiger partial charge in [-0.05, 0) is 48.6 Å². The number of sulfone groups is 1. The number of ketones is 1. The van der Waals surface area contributed by atoms with Gasteiger partial charge in [0.1, 0.15) is 18.5 Å². The van der Waals surface area contributed by atoms with Crippen LogP contribution >= 0.6 is 0 Å². The lowest BCUT2D eigenvalue weighted by Crippen LogP contribution is -2.39. The molecular weight excluding hydrogens is 584 g/mol. The molecule has 43 heavy (non-hydrogen) atoms. The first-order valence-electron chi connectivity index (χ1n) is 13.5. The molecule has 15 heteroatoms. The molecule has 0 bridgehead atoms. The van der Waals surface area contributed by atoms with E-state index in [4.69, 9.17) is 14.2 Å². The first kappa shape index (κ1) is 33.0. The lowest BCUT2D eigenvalue weighted by atomic mass is 10.1. The summed E-state index contributed by atoms with van der Waals surface area (Å²) in [6.07, 6.45) is 0.148. The maximum Gasteiger partial charge on any atom is 0.415 e. The highest BCUT2D eigenvalue weighted by molar-refractivity contribution is 7.91. The molecule has 232 valence electrons. The number of nitrogens with one attached hydrogen (secondary N) is 2. The summed E-state index contributed by atoms with van der Waals surface area (Å²) in [6.45, 7) is 6.22. The summed E-state index contributed by atoms with van der Waals surface area (Å²) in [4.78, 5) is 36.4. The van der Waals surface area contributed by atoms with Crippen LogP contribution in [0, 0.1) is 5.21 Å². The number of nitrogens with zero attached hydrogens (tertiary/aromatic N) is 2. The van der Waals surface area contributed by atoms with E-state index in [-0.39, 0.29) is 52.0 Å². The first-order valence-corrected chi connectivity index (χ1v) is 14.9. The second-order valence-electron chi connectivity index (χ2n) is 9.70. The van der Waals surface area contributed by atoms with E-state index in [0.29, 0.717) is 18.5 Å². The first-order chi connectivity index (χ1) is 20.4. The minimum atomic E-state index is -4.37. The molecule has 0 spiro atoms. The zero-order valence-corrected chi connectivity index (χ0v) is 25.0. The third-order valence-corrected chi connectivity index (χ3v) is 7.50. The average molecular weight is 619 g/mol.